The lowest BCUT2D eigenvalue weighted by atomic mass is 10.0. The van der Waals surface area contributed by atoms with E-state index < -0.39 is 0 Å². The molecule has 2 heterocycles. The van der Waals surface area contributed by atoms with Crippen LogP contribution in [0.4, 0.5) is 0 Å². The number of aryl methyl sites for hydroxylation is 1. The summed E-state index contributed by atoms with van der Waals surface area (Å²) in [4.78, 5) is 28.7. The molecule has 1 aliphatic carbocycles. The summed E-state index contributed by atoms with van der Waals surface area (Å²) >= 11 is 9.93. The number of rotatable bonds is 7. The Morgan fingerprint density at radius 3 is 2.20 bits per heavy atom. The number of hydrogen-bond acceptors (Lipinski definition) is 6. The zero-order valence-corrected chi connectivity index (χ0v) is 23.8. The van der Waals surface area contributed by atoms with Crippen molar-refractivity contribution >= 4 is 36.4 Å². The number of carbonyl (C=O) groups excluding carboxylic acids is 2. The Morgan fingerprint density at radius 1 is 1.17 bits per heavy atom. The molecule has 4 rings (SSSR count). The van der Waals surface area contributed by atoms with E-state index in [2.05, 4.69) is 42.1 Å². The number of hydrogen-bond donors (Lipinski definition) is 1. The van der Waals surface area contributed by atoms with E-state index in [0.717, 1.165) is 55.6 Å². The van der Waals surface area contributed by atoms with Gasteiger partial charge in [-0.3, -0.25) is 14.5 Å². The predicted octanol–water partition coefficient (Wildman–Crippen LogP) is 4.56. The fourth-order valence-electron chi connectivity index (χ4n) is 4.34. The normalized spacial score (nSPS) is 17.9. The van der Waals surface area contributed by atoms with Gasteiger partial charge in [0.25, 0.3) is 0 Å². The molecule has 1 saturated carbocycles. The van der Waals surface area contributed by atoms with Gasteiger partial charge in [-0.15, -0.1) is 0 Å². The largest absolute Gasteiger partial charge is 0.496 e. The number of methoxy groups -OCH3 is 1. The minimum absolute atomic E-state index is 0.255. The average molecular weight is 526 g/mol. The molecule has 1 amide bonds. The maximum absolute atomic E-state index is 12.7. The van der Waals surface area contributed by atoms with Crippen LogP contribution >= 0.6 is 24.2 Å². The van der Waals surface area contributed by atoms with Crippen molar-refractivity contribution in [2.75, 3.05) is 59.7 Å². The lowest BCUT2D eigenvalue weighted by Crippen LogP contribution is -2.62. The maximum Gasteiger partial charge on any atom is 0.222 e. The number of amides is 1. The summed E-state index contributed by atoms with van der Waals surface area (Å²) in [6.07, 6.45) is 7.21. The van der Waals surface area contributed by atoms with Gasteiger partial charge < -0.3 is 14.5 Å². The van der Waals surface area contributed by atoms with Gasteiger partial charge in [0.1, 0.15) is 12.0 Å². The highest BCUT2D eigenvalue weighted by Crippen LogP contribution is 2.45. The molecule has 3 fully saturated rings. The van der Waals surface area contributed by atoms with Crippen LogP contribution in [0.15, 0.2) is 24.8 Å². The fraction of sp³-hybridized carbons (Fsp3) is 0.630. The molecule has 0 radical (unpaired) electrons. The number of ether oxygens (including phenoxy) is 1. The van der Waals surface area contributed by atoms with E-state index in [1.54, 1.807) is 13.4 Å². The van der Waals surface area contributed by atoms with Gasteiger partial charge in [0, 0.05) is 56.8 Å². The number of aldehydes is 1. The second-order valence-electron chi connectivity index (χ2n) is 8.62. The second kappa shape index (κ2) is 17.0. The summed E-state index contributed by atoms with van der Waals surface area (Å²) in [5.74, 6) is 1.65. The first kappa shape index (κ1) is 31.5. The quantitative estimate of drug-likeness (QED) is 0.321. The SMILES string of the molecule is C=CC=O.CC.COc1cc(Cl)c(C2CC2)cc1CCC(=O)N1CCN(C2CN(C)C2)CC1.CS. The number of halogens is 1. The molecular formula is C27H44ClN3O3S. The highest BCUT2D eigenvalue weighted by molar-refractivity contribution is 7.79. The van der Waals surface area contributed by atoms with Crippen LogP contribution < -0.4 is 4.74 Å². The van der Waals surface area contributed by atoms with Gasteiger partial charge in [0.05, 0.1) is 7.11 Å². The Bertz CT molecular complexity index is 784. The van der Waals surface area contributed by atoms with Crippen LogP contribution in [0, 0.1) is 0 Å². The van der Waals surface area contributed by atoms with Crippen molar-refractivity contribution < 1.29 is 14.3 Å². The molecule has 198 valence electrons. The molecular weight excluding hydrogens is 482 g/mol. The van der Waals surface area contributed by atoms with Crippen LogP contribution in [0.2, 0.25) is 5.02 Å². The van der Waals surface area contributed by atoms with Crippen LogP contribution in [-0.2, 0) is 16.0 Å². The van der Waals surface area contributed by atoms with E-state index in [0.29, 0.717) is 31.1 Å². The highest BCUT2D eigenvalue weighted by Gasteiger charge is 2.32. The predicted molar refractivity (Wildman–Crippen MR) is 150 cm³/mol. The first-order chi connectivity index (χ1) is 17.0. The molecule has 0 bridgehead atoms. The first-order valence-corrected chi connectivity index (χ1v) is 13.8. The summed E-state index contributed by atoms with van der Waals surface area (Å²) in [5.41, 5.74) is 2.33. The summed E-state index contributed by atoms with van der Waals surface area (Å²) in [5, 5.41) is 0.794. The third kappa shape index (κ3) is 9.79. The monoisotopic (exact) mass is 525 g/mol. The Hall–Kier alpha value is -1.54. The zero-order valence-electron chi connectivity index (χ0n) is 22.1. The number of allylic oxidation sites excluding steroid dienone is 1. The van der Waals surface area contributed by atoms with Gasteiger partial charge in [0.2, 0.25) is 5.91 Å². The van der Waals surface area contributed by atoms with Crippen LogP contribution in [0.25, 0.3) is 0 Å². The molecule has 0 unspecified atom stereocenters. The molecule has 35 heavy (non-hydrogen) atoms. The number of likely N-dealkylation sites (N-methyl/N-ethyl adjacent to an activating group) is 1. The van der Waals surface area contributed by atoms with Crippen molar-refractivity contribution in [2.24, 2.45) is 0 Å². The molecule has 8 heteroatoms. The van der Waals surface area contributed by atoms with Crippen molar-refractivity contribution in [3.63, 3.8) is 0 Å². The number of likely N-dealkylation sites (tertiary alicyclic amines) is 1. The van der Waals surface area contributed by atoms with Gasteiger partial charge in [-0.05, 0) is 61.8 Å². The number of thiol groups is 1. The van der Waals surface area contributed by atoms with E-state index in [9.17, 15) is 4.79 Å². The van der Waals surface area contributed by atoms with Crippen LogP contribution in [0.5, 0.6) is 5.75 Å². The topological polar surface area (TPSA) is 53.1 Å². The molecule has 6 nitrogen and oxygen atoms in total. The average Bonchev–Trinajstić information content (AvgIpc) is 3.73. The maximum atomic E-state index is 12.7. The van der Waals surface area contributed by atoms with E-state index in [-0.39, 0.29) is 5.91 Å². The Balaban J connectivity index is 0.000000684. The number of piperazine rings is 1. The van der Waals surface area contributed by atoms with Gasteiger partial charge in [-0.2, -0.15) is 12.6 Å². The Labute approximate surface area is 223 Å². The van der Waals surface area contributed by atoms with E-state index in [4.69, 9.17) is 21.1 Å². The van der Waals surface area contributed by atoms with Crippen molar-refractivity contribution in [1.82, 2.24) is 14.7 Å². The van der Waals surface area contributed by atoms with Gasteiger partial charge in [-0.1, -0.05) is 38.1 Å². The van der Waals surface area contributed by atoms with Crippen molar-refractivity contribution in [1.29, 1.82) is 0 Å². The summed E-state index contributed by atoms with van der Waals surface area (Å²) in [6.45, 7) is 13.1. The minimum atomic E-state index is 0.255. The van der Waals surface area contributed by atoms with Crippen molar-refractivity contribution in [3.8, 4) is 5.75 Å². The van der Waals surface area contributed by atoms with E-state index >= 15 is 0 Å². The molecule has 0 aromatic heterocycles. The van der Waals surface area contributed by atoms with Crippen LogP contribution in [0.3, 0.4) is 0 Å². The Morgan fingerprint density at radius 2 is 1.74 bits per heavy atom. The third-order valence-corrected chi connectivity index (χ3v) is 6.68. The lowest BCUT2D eigenvalue weighted by molar-refractivity contribution is -0.133. The van der Waals surface area contributed by atoms with Gasteiger partial charge in [0.15, 0.2) is 0 Å². The molecule has 1 aromatic carbocycles. The molecule has 0 atom stereocenters. The lowest BCUT2D eigenvalue weighted by Gasteiger charge is -2.47. The van der Waals surface area contributed by atoms with Crippen LogP contribution in [-0.4, -0.2) is 92.6 Å². The van der Waals surface area contributed by atoms with Gasteiger partial charge >= 0.3 is 0 Å². The van der Waals surface area contributed by atoms with Gasteiger partial charge in [-0.25, -0.2) is 0 Å². The fourth-order valence-corrected chi connectivity index (χ4v) is 4.65. The number of nitrogens with zero attached hydrogens (tertiary/aromatic N) is 3. The standard InChI is InChI=1S/C21H30ClN3O2.C3H4O.C2H6.CH4S/c1-23-13-17(14-23)24-7-9-25(10-8-24)21(26)6-5-16-11-18(15-3-4-15)19(22)12-20(16)27-2;1-2-3-4;2*1-2/h11-12,15,17H,3-10,13-14H2,1-2H3;2-3H,1H2;1-2H3;2H,1H3. The highest BCUT2D eigenvalue weighted by atomic mass is 35.5. The molecule has 2 aliphatic heterocycles. The molecule has 3 aliphatic rings. The second-order valence-corrected chi connectivity index (χ2v) is 9.03. The smallest absolute Gasteiger partial charge is 0.222 e. The summed E-state index contributed by atoms with van der Waals surface area (Å²) < 4.78 is 5.51. The third-order valence-electron chi connectivity index (χ3n) is 6.35. The summed E-state index contributed by atoms with van der Waals surface area (Å²) in [7, 11) is 3.83. The van der Waals surface area contributed by atoms with Crippen molar-refractivity contribution in [3.05, 3.63) is 40.9 Å². The number of carbonyl (C=O) groups is 2. The zero-order chi connectivity index (χ0) is 26.4. The number of benzene rings is 1. The minimum Gasteiger partial charge on any atom is -0.496 e. The molecule has 0 N–H and O–H groups in total. The molecule has 1 aromatic rings. The van der Waals surface area contributed by atoms with Crippen molar-refractivity contribution in [2.45, 2.75) is 51.5 Å². The van der Waals surface area contributed by atoms with Crippen LogP contribution in [0.1, 0.15) is 50.2 Å². The van der Waals surface area contributed by atoms with E-state index in [1.807, 2.05) is 24.8 Å². The van der Waals surface area contributed by atoms with E-state index in [1.165, 1.54) is 24.5 Å². The molecule has 0 spiro atoms. The summed E-state index contributed by atoms with van der Waals surface area (Å²) in [6, 6.07) is 4.77. The first-order valence-electron chi connectivity index (χ1n) is 12.5. The Kier molecular flexibility index (Phi) is 15.3. The molecule has 2 saturated heterocycles.